The van der Waals surface area contributed by atoms with E-state index in [1.807, 2.05) is 27.7 Å². The zero-order valence-corrected chi connectivity index (χ0v) is 11.8. The van der Waals surface area contributed by atoms with Gasteiger partial charge in [0.15, 0.2) is 0 Å². The van der Waals surface area contributed by atoms with Crippen molar-refractivity contribution in [1.29, 1.82) is 0 Å². The molecule has 0 bridgehead atoms. The van der Waals surface area contributed by atoms with Gasteiger partial charge in [-0.25, -0.2) is 0 Å². The summed E-state index contributed by atoms with van der Waals surface area (Å²) in [6.07, 6.45) is 10.0. The molecule has 2 aliphatic rings. The molecular weight excluding hydrogens is 240 g/mol. The molecule has 0 radical (unpaired) electrons. The molecule has 0 aromatic rings. The molecule has 0 saturated carbocycles. The maximum atomic E-state index is 4.83. The fourth-order valence-corrected chi connectivity index (χ4v) is 3.98. The van der Waals surface area contributed by atoms with Crippen LogP contribution < -0.4 is 0 Å². The van der Waals surface area contributed by atoms with Crippen molar-refractivity contribution in [3.63, 3.8) is 0 Å². The summed E-state index contributed by atoms with van der Waals surface area (Å²) < 4.78 is 0. The molecule has 15 heavy (non-hydrogen) atoms. The Labute approximate surface area is 106 Å². The van der Waals surface area contributed by atoms with Crippen molar-refractivity contribution in [2.45, 2.75) is 38.4 Å². The Bertz CT molecular complexity index is 254. The molecule has 1 atom stereocenters. The van der Waals surface area contributed by atoms with Crippen molar-refractivity contribution in [2.75, 3.05) is 0 Å². The third-order valence-electron chi connectivity index (χ3n) is 2.09. The second kappa shape index (κ2) is 7.53. The molecule has 0 aromatic carbocycles. The Kier molecular flexibility index (Phi) is 6.69. The van der Waals surface area contributed by atoms with E-state index in [1.54, 1.807) is 0 Å². The van der Waals surface area contributed by atoms with E-state index >= 15 is 0 Å². The number of allylic oxidation sites excluding steroid dienone is 2. The third kappa shape index (κ3) is 6.44. The van der Waals surface area contributed by atoms with E-state index in [0.717, 1.165) is 22.5 Å². The third-order valence-corrected chi connectivity index (χ3v) is 4.82. The van der Waals surface area contributed by atoms with Crippen LogP contribution in [-0.2, 0) is 0 Å². The Balaban J connectivity index is 0.000000162. The number of hydrogen-bond acceptors (Lipinski definition) is 3. The molecule has 3 heteroatoms. The highest BCUT2D eigenvalue weighted by Gasteiger charge is 2.11. The SMILES string of the molecule is CC(C)CC1C=CSS1.S=C1C=CCC1. The minimum atomic E-state index is 0.787. The van der Waals surface area contributed by atoms with E-state index in [2.05, 4.69) is 31.4 Å². The van der Waals surface area contributed by atoms with E-state index in [4.69, 9.17) is 12.2 Å². The quantitative estimate of drug-likeness (QED) is 0.504. The highest BCUT2D eigenvalue weighted by molar-refractivity contribution is 8.78. The maximum absolute atomic E-state index is 4.83. The molecule has 0 fully saturated rings. The van der Waals surface area contributed by atoms with E-state index in [0.29, 0.717) is 0 Å². The standard InChI is InChI=1S/C7H12S2.C5H6S/c1-6(2)5-7-3-4-8-9-7;6-5-3-1-2-4-5/h3-4,6-7H,5H2,1-2H3;1,3H,2,4H2. The van der Waals surface area contributed by atoms with Gasteiger partial charge >= 0.3 is 0 Å². The zero-order chi connectivity index (χ0) is 11.1. The highest BCUT2D eigenvalue weighted by Crippen LogP contribution is 2.38. The van der Waals surface area contributed by atoms with Crippen molar-refractivity contribution < 1.29 is 0 Å². The second-order valence-corrected chi connectivity index (χ2v) is 7.04. The van der Waals surface area contributed by atoms with E-state index < -0.39 is 0 Å². The van der Waals surface area contributed by atoms with Crippen LogP contribution in [-0.4, -0.2) is 10.1 Å². The molecular formula is C12H18S3. The summed E-state index contributed by atoms with van der Waals surface area (Å²) in [5.74, 6) is 0.839. The maximum Gasteiger partial charge on any atom is 0.0345 e. The number of rotatable bonds is 2. The van der Waals surface area contributed by atoms with Gasteiger partial charge in [0.05, 0.1) is 0 Å². The largest absolute Gasteiger partial charge is 0.0849 e. The van der Waals surface area contributed by atoms with Crippen molar-refractivity contribution in [3.05, 3.63) is 23.6 Å². The van der Waals surface area contributed by atoms with Crippen LogP contribution in [0.1, 0.15) is 33.1 Å². The average molecular weight is 258 g/mol. The molecule has 0 saturated heterocycles. The first-order valence-corrected chi connectivity index (χ1v) is 8.05. The van der Waals surface area contributed by atoms with Crippen LogP contribution in [0.2, 0.25) is 0 Å². The van der Waals surface area contributed by atoms with Crippen molar-refractivity contribution in [1.82, 2.24) is 0 Å². The molecule has 1 heterocycles. The van der Waals surface area contributed by atoms with Gasteiger partial charge in [-0.2, -0.15) is 0 Å². The normalized spacial score (nSPS) is 23.4. The molecule has 1 aliphatic carbocycles. The summed E-state index contributed by atoms with van der Waals surface area (Å²) in [6, 6.07) is 0. The van der Waals surface area contributed by atoms with Crippen molar-refractivity contribution in [3.8, 4) is 0 Å². The van der Waals surface area contributed by atoms with Gasteiger partial charge in [-0.05, 0) is 30.6 Å². The van der Waals surface area contributed by atoms with Gasteiger partial charge in [0.1, 0.15) is 0 Å². The summed E-state index contributed by atoms with van der Waals surface area (Å²) in [6.45, 7) is 4.55. The molecule has 0 amide bonds. The van der Waals surface area contributed by atoms with Crippen LogP contribution in [0.15, 0.2) is 23.6 Å². The smallest absolute Gasteiger partial charge is 0.0345 e. The lowest BCUT2D eigenvalue weighted by molar-refractivity contribution is 0.603. The summed E-state index contributed by atoms with van der Waals surface area (Å²) >= 11 is 4.83. The summed E-state index contributed by atoms with van der Waals surface area (Å²) in [5, 5.41) is 2.98. The molecule has 0 aromatic heterocycles. The first-order chi connectivity index (χ1) is 7.18. The molecule has 0 nitrogen and oxygen atoms in total. The minimum Gasteiger partial charge on any atom is -0.0849 e. The van der Waals surface area contributed by atoms with Gasteiger partial charge in [-0.1, -0.05) is 65.9 Å². The summed E-state index contributed by atoms with van der Waals surface area (Å²) in [4.78, 5) is 1.11. The lowest BCUT2D eigenvalue weighted by Gasteiger charge is -2.07. The second-order valence-electron chi connectivity index (χ2n) is 4.10. The van der Waals surface area contributed by atoms with Crippen LogP contribution in [0.4, 0.5) is 0 Å². The van der Waals surface area contributed by atoms with Gasteiger partial charge in [0.2, 0.25) is 0 Å². The molecule has 0 N–H and O–H groups in total. The molecule has 1 unspecified atom stereocenters. The van der Waals surface area contributed by atoms with Gasteiger partial charge in [0.25, 0.3) is 0 Å². The first kappa shape index (κ1) is 13.3. The van der Waals surface area contributed by atoms with Gasteiger partial charge in [-0.15, -0.1) is 0 Å². The van der Waals surface area contributed by atoms with E-state index in [-0.39, 0.29) is 0 Å². The van der Waals surface area contributed by atoms with Crippen LogP contribution in [0.5, 0.6) is 0 Å². The van der Waals surface area contributed by atoms with Crippen LogP contribution in [0.3, 0.4) is 0 Å². The van der Waals surface area contributed by atoms with Gasteiger partial charge in [0, 0.05) is 10.1 Å². The summed E-state index contributed by atoms with van der Waals surface area (Å²) in [7, 11) is 3.84. The summed E-state index contributed by atoms with van der Waals surface area (Å²) in [5.41, 5.74) is 0. The Morgan fingerprint density at radius 2 is 2.33 bits per heavy atom. The fraction of sp³-hybridized carbons (Fsp3) is 0.583. The van der Waals surface area contributed by atoms with Gasteiger partial charge < -0.3 is 0 Å². The predicted octanol–water partition coefficient (Wildman–Crippen LogP) is 5.02. The van der Waals surface area contributed by atoms with Crippen LogP contribution in [0.25, 0.3) is 0 Å². The van der Waals surface area contributed by atoms with Crippen LogP contribution >= 0.6 is 33.8 Å². The topological polar surface area (TPSA) is 0 Å². The fourth-order valence-electron chi connectivity index (χ4n) is 1.36. The Morgan fingerprint density at radius 3 is 2.67 bits per heavy atom. The zero-order valence-electron chi connectivity index (χ0n) is 9.31. The molecule has 1 aliphatic heterocycles. The van der Waals surface area contributed by atoms with Crippen molar-refractivity contribution >= 4 is 38.7 Å². The molecule has 0 spiro atoms. The average Bonchev–Trinajstić information content (AvgIpc) is 2.78. The predicted molar refractivity (Wildman–Crippen MR) is 78.5 cm³/mol. The highest BCUT2D eigenvalue weighted by atomic mass is 33.1. The van der Waals surface area contributed by atoms with Crippen molar-refractivity contribution in [2.24, 2.45) is 5.92 Å². The Morgan fingerprint density at radius 1 is 1.53 bits per heavy atom. The van der Waals surface area contributed by atoms with E-state index in [9.17, 15) is 0 Å². The minimum absolute atomic E-state index is 0.787. The number of thiocarbonyl (C=S) groups is 1. The lowest BCUT2D eigenvalue weighted by Crippen LogP contribution is -1.98. The van der Waals surface area contributed by atoms with Crippen LogP contribution in [0, 0.1) is 5.92 Å². The lowest BCUT2D eigenvalue weighted by atomic mass is 10.1. The van der Waals surface area contributed by atoms with Gasteiger partial charge in [-0.3, -0.25) is 0 Å². The van der Waals surface area contributed by atoms with E-state index in [1.165, 1.54) is 12.8 Å². The first-order valence-electron chi connectivity index (χ1n) is 5.36. The molecule has 84 valence electrons. The monoisotopic (exact) mass is 258 g/mol. The molecule has 2 rings (SSSR count). The Hall–Kier alpha value is 0.270. The number of hydrogen-bond donors (Lipinski definition) is 0.